The van der Waals surface area contributed by atoms with Crippen LogP contribution in [0.2, 0.25) is 0 Å². The highest BCUT2D eigenvalue weighted by Gasteiger charge is 2.10. The van der Waals surface area contributed by atoms with Crippen molar-refractivity contribution in [2.45, 2.75) is 40.5 Å². The molecule has 1 N–H and O–H groups in total. The molecule has 1 aromatic carbocycles. The first-order valence-corrected chi connectivity index (χ1v) is 8.35. The van der Waals surface area contributed by atoms with Gasteiger partial charge in [-0.05, 0) is 38.5 Å². The summed E-state index contributed by atoms with van der Waals surface area (Å²) in [4.78, 5) is 10.8. The smallest absolute Gasteiger partial charge is 0.387 e. The monoisotopic (exact) mass is 366 g/mol. The molecule has 26 heavy (non-hydrogen) atoms. The van der Waals surface area contributed by atoms with Gasteiger partial charge in [0.05, 0.1) is 5.69 Å². The number of benzene rings is 1. The summed E-state index contributed by atoms with van der Waals surface area (Å²) >= 11 is 0. The lowest BCUT2D eigenvalue weighted by atomic mass is 10.2. The van der Waals surface area contributed by atoms with E-state index < -0.39 is 6.61 Å². The predicted molar refractivity (Wildman–Crippen MR) is 95.3 cm³/mol. The lowest BCUT2D eigenvalue weighted by Gasteiger charge is -2.22. The van der Waals surface area contributed by atoms with Crippen molar-refractivity contribution in [3.63, 3.8) is 0 Å². The van der Waals surface area contributed by atoms with Gasteiger partial charge in [0.1, 0.15) is 18.1 Å². The maximum absolute atomic E-state index is 12.2. The molecule has 0 unspecified atom stereocenters. The molecule has 1 heterocycles. The summed E-state index contributed by atoms with van der Waals surface area (Å²) in [5.74, 6) is 2.20. The third-order valence-corrected chi connectivity index (χ3v) is 3.70. The Morgan fingerprint density at radius 1 is 1.31 bits per heavy atom. The zero-order chi connectivity index (χ0) is 19.1. The summed E-state index contributed by atoms with van der Waals surface area (Å²) in [6.45, 7) is 4.54. The summed E-state index contributed by atoms with van der Waals surface area (Å²) in [5.41, 5.74) is 1.81. The third kappa shape index (κ3) is 5.72. The van der Waals surface area contributed by atoms with Crippen molar-refractivity contribution in [1.29, 1.82) is 0 Å². The van der Waals surface area contributed by atoms with Gasteiger partial charge >= 0.3 is 6.61 Å². The molecule has 0 saturated heterocycles. The van der Waals surface area contributed by atoms with Gasteiger partial charge in [-0.25, -0.2) is 9.98 Å². The first kappa shape index (κ1) is 19.7. The largest absolute Gasteiger partial charge is 0.444 e. The van der Waals surface area contributed by atoms with Gasteiger partial charge in [-0.2, -0.15) is 8.78 Å². The average molecular weight is 366 g/mol. The number of nitrogens with zero attached hydrogens (tertiary/aromatic N) is 3. The van der Waals surface area contributed by atoms with Crippen molar-refractivity contribution in [3.8, 4) is 5.75 Å². The molecule has 6 nitrogen and oxygen atoms in total. The van der Waals surface area contributed by atoms with Crippen LogP contribution in [0.5, 0.6) is 5.75 Å². The minimum Gasteiger partial charge on any atom is -0.444 e. The highest BCUT2D eigenvalue weighted by atomic mass is 19.3. The number of aromatic nitrogens is 1. The van der Waals surface area contributed by atoms with Gasteiger partial charge in [0.25, 0.3) is 0 Å². The standard InChI is InChI=1S/C18H24F2N4O2/c1-5-21-18(22-10-16-23-12(2)13(3)25-16)24(4)11-14-6-8-15(9-7-14)26-17(19)20/h6-9,17H,5,10-11H2,1-4H3,(H,21,22). The molecule has 2 rings (SSSR count). The number of rotatable bonds is 7. The SMILES string of the molecule is CCNC(=NCc1nc(C)c(C)o1)N(C)Cc1ccc(OC(F)F)cc1. The summed E-state index contributed by atoms with van der Waals surface area (Å²) < 4.78 is 34.3. The minimum absolute atomic E-state index is 0.140. The molecule has 0 aliphatic rings. The predicted octanol–water partition coefficient (Wildman–Crippen LogP) is 3.49. The van der Waals surface area contributed by atoms with E-state index >= 15 is 0 Å². The van der Waals surface area contributed by atoms with Gasteiger partial charge in [-0.1, -0.05) is 12.1 Å². The third-order valence-electron chi connectivity index (χ3n) is 3.70. The van der Waals surface area contributed by atoms with E-state index in [4.69, 9.17) is 4.42 Å². The fourth-order valence-corrected chi connectivity index (χ4v) is 2.34. The molecule has 0 spiro atoms. The van der Waals surface area contributed by atoms with Crippen LogP contribution in [0.3, 0.4) is 0 Å². The summed E-state index contributed by atoms with van der Waals surface area (Å²) in [7, 11) is 1.90. The van der Waals surface area contributed by atoms with Crippen LogP contribution in [0.15, 0.2) is 33.7 Å². The molecule has 0 radical (unpaired) electrons. The maximum Gasteiger partial charge on any atom is 0.387 e. The van der Waals surface area contributed by atoms with E-state index in [2.05, 4.69) is 20.0 Å². The molecule has 0 amide bonds. The molecular formula is C18H24F2N4O2. The molecule has 1 aromatic heterocycles. The van der Waals surface area contributed by atoms with Crippen LogP contribution in [0, 0.1) is 13.8 Å². The Hall–Kier alpha value is -2.64. The van der Waals surface area contributed by atoms with Crippen molar-refractivity contribution in [1.82, 2.24) is 15.2 Å². The second-order valence-corrected chi connectivity index (χ2v) is 5.80. The Morgan fingerprint density at radius 2 is 2.00 bits per heavy atom. The Kier molecular flexibility index (Phi) is 6.94. The Morgan fingerprint density at radius 3 is 2.54 bits per heavy atom. The first-order chi connectivity index (χ1) is 12.4. The molecule has 2 aromatic rings. The number of aliphatic imine (C=N–C) groups is 1. The van der Waals surface area contributed by atoms with Crippen molar-refractivity contribution in [2.75, 3.05) is 13.6 Å². The maximum atomic E-state index is 12.2. The first-order valence-electron chi connectivity index (χ1n) is 8.35. The molecule has 0 fully saturated rings. The average Bonchev–Trinajstić information content (AvgIpc) is 2.91. The number of hydrogen-bond acceptors (Lipinski definition) is 4. The minimum atomic E-state index is -2.82. The molecule has 0 atom stereocenters. The zero-order valence-electron chi connectivity index (χ0n) is 15.4. The van der Waals surface area contributed by atoms with Crippen molar-refractivity contribution in [3.05, 3.63) is 47.2 Å². The molecule has 142 valence electrons. The highest BCUT2D eigenvalue weighted by molar-refractivity contribution is 5.79. The van der Waals surface area contributed by atoms with Gasteiger partial charge in [-0.3, -0.25) is 0 Å². The number of alkyl halides is 2. The van der Waals surface area contributed by atoms with E-state index in [1.54, 1.807) is 12.1 Å². The van der Waals surface area contributed by atoms with Gasteiger partial charge in [-0.15, -0.1) is 0 Å². The quantitative estimate of drug-likeness (QED) is 0.600. The van der Waals surface area contributed by atoms with Gasteiger partial charge in [0, 0.05) is 20.1 Å². The second kappa shape index (κ2) is 9.17. The zero-order valence-corrected chi connectivity index (χ0v) is 15.4. The van der Waals surface area contributed by atoms with Crippen LogP contribution in [0.25, 0.3) is 0 Å². The number of nitrogens with one attached hydrogen (secondary N) is 1. The van der Waals surface area contributed by atoms with Crippen molar-refractivity contribution in [2.24, 2.45) is 4.99 Å². The normalized spacial score (nSPS) is 11.7. The van der Waals surface area contributed by atoms with Crippen LogP contribution in [-0.4, -0.2) is 36.0 Å². The fraction of sp³-hybridized carbons (Fsp3) is 0.444. The number of aryl methyl sites for hydroxylation is 2. The van der Waals surface area contributed by atoms with Gasteiger partial charge < -0.3 is 19.4 Å². The summed E-state index contributed by atoms with van der Waals surface area (Å²) in [6, 6.07) is 6.55. The molecule has 0 saturated carbocycles. The van der Waals surface area contributed by atoms with E-state index in [0.29, 0.717) is 31.5 Å². The van der Waals surface area contributed by atoms with Crippen LogP contribution in [-0.2, 0) is 13.1 Å². The molecular weight excluding hydrogens is 342 g/mol. The molecule has 8 heteroatoms. The summed E-state index contributed by atoms with van der Waals surface area (Å²) in [6.07, 6.45) is 0. The molecule has 0 aliphatic carbocycles. The van der Waals surface area contributed by atoms with E-state index in [1.165, 1.54) is 12.1 Å². The lowest BCUT2D eigenvalue weighted by Crippen LogP contribution is -2.38. The summed E-state index contributed by atoms with van der Waals surface area (Å²) in [5, 5.41) is 3.21. The van der Waals surface area contributed by atoms with Crippen LogP contribution < -0.4 is 10.1 Å². The second-order valence-electron chi connectivity index (χ2n) is 5.80. The molecule has 0 aliphatic heterocycles. The fourth-order valence-electron chi connectivity index (χ4n) is 2.34. The number of guanidine groups is 1. The topological polar surface area (TPSA) is 62.9 Å². The Bertz CT molecular complexity index is 710. The van der Waals surface area contributed by atoms with Crippen LogP contribution >= 0.6 is 0 Å². The number of hydrogen-bond donors (Lipinski definition) is 1. The number of ether oxygens (including phenoxy) is 1. The van der Waals surface area contributed by atoms with Crippen molar-refractivity contribution >= 4 is 5.96 Å². The lowest BCUT2D eigenvalue weighted by molar-refractivity contribution is -0.0498. The Balaban J connectivity index is 2.02. The number of halogens is 2. The van der Waals surface area contributed by atoms with Gasteiger partial charge in [0.2, 0.25) is 5.89 Å². The van der Waals surface area contributed by atoms with Crippen molar-refractivity contribution < 1.29 is 17.9 Å². The van der Waals surface area contributed by atoms with Crippen LogP contribution in [0.1, 0.15) is 29.8 Å². The highest BCUT2D eigenvalue weighted by Crippen LogP contribution is 2.16. The number of oxazole rings is 1. The van der Waals surface area contributed by atoms with E-state index in [-0.39, 0.29) is 5.75 Å². The van der Waals surface area contributed by atoms with Crippen LogP contribution in [0.4, 0.5) is 8.78 Å². The Labute approximate surface area is 151 Å². The van der Waals surface area contributed by atoms with E-state index in [0.717, 1.165) is 17.0 Å². The van der Waals surface area contributed by atoms with E-state index in [9.17, 15) is 8.78 Å². The van der Waals surface area contributed by atoms with E-state index in [1.807, 2.05) is 32.7 Å². The van der Waals surface area contributed by atoms with Gasteiger partial charge in [0.15, 0.2) is 5.96 Å². The molecule has 0 bridgehead atoms.